The number of pyridine rings is 1. The summed E-state index contributed by atoms with van der Waals surface area (Å²) in [6, 6.07) is 11.0. The van der Waals surface area contributed by atoms with Crippen molar-refractivity contribution >= 4 is 44.3 Å². The predicted octanol–water partition coefficient (Wildman–Crippen LogP) is 4.59. The number of carbonyl (C=O) groups excluding carboxylic acids is 2. The molecule has 1 aliphatic carbocycles. The molecule has 1 aliphatic rings. The smallest absolute Gasteiger partial charge is 0.246 e. The van der Waals surface area contributed by atoms with E-state index in [4.69, 9.17) is 4.74 Å². The number of hydrogen-bond donors (Lipinski definition) is 2. The van der Waals surface area contributed by atoms with Gasteiger partial charge in [-0.3, -0.25) is 14.3 Å². The molecule has 0 spiro atoms. The number of rotatable bonds is 7. The van der Waals surface area contributed by atoms with Gasteiger partial charge in [0.2, 0.25) is 17.7 Å². The number of hydrogen-bond acceptors (Lipinski definition) is 7. The van der Waals surface area contributed by atoms with Gasteiger partial charge in [-0.2, -0.15) is 5.10 Å². The number of nitrogens with zero attached hydrogens (tertiary/aromatic N) is 4. The van der Waals surface area contributed by atoms with Crippen LogP contribution in [0.1, 0.15) is 29.8 Å². The van der Waals surface area contributed by atoms with Gasteiger partial charge < -0.3 is 15.4 Å². The molecule has 10 heteroatoms. The first-order valence-electron chi connectivity index (χ1n) is 11.0. The van der Waals surface area contributed by atoms with Crippen LogP contribution in [0.4, 0.5) is 10.8 Å². The SMILES string of the molecule is Cc1cc(C)n(CC(=O)Nc2ccc(C)c(Oc3ccc4nc(NC(=O)C5CC5)sc4n3)c2)n1. The maximum Gasteiger partial charge on any atom is 0.246 e. The number of amides is 2. The van der Waals surface area contributed by atoms with Crippen LogP contribution in [-0.2, 0) is 16.1 Å². The van der Waals surface area contributed by atoms with Crippen molar-refractivity contribution in [3.05, 3.63) is 53.3 Å². The molecule has 4 aromatic rings. The fourth-order valence-electron chi connectivity index (χ4n) is 3.54. The Balaban J connectivity index is 1.28. The molecule has 2 N–H and O–H groups in total. The molecule has 3 heterocycles. The predicted molar refractivity (Wildman–Crippen MR) is 130 cm³/mol. The first-order chi connectivity index (χ1) is 16.3. The summed E-state index contributed by atoms with van der Waals surface area (Å²) in [6.07, 6.45) is 1.88. The third kappa shape index (κ3) is 4.91. The summed E-state index contributed by atoms with van der Waals surface area (Å²) in [5, 5.41) is 10.6. The number of fused-ring (bicyclic) bond motifs is 1. The zero-order valence-corrected chi connectivity index (χ0v) is 19.9. The van der Waals surface area contributed by atoms with E-state index in [0.29, 0.717) is 32.8 Å². The highest BCUT2D eigenvalue weighted by Crippen LogP contribution is 2.33. The van der Waals surface area contributed by atoms with Crippen molar-refractivity contribution in [1.29, 1.82) is 0 Å². The van der Waals surface area contributed by atoms with Gasteiger partial charge >= 0.3 is 0 Å². The van der Waals surface area contributed by atoms with Gasteiger partial charge in [-0.25, -0.2) is 9.97 Å². The quantitative estimate of drug-likeness (QED) is 0.404. The lowest BCUT2D eigenvalue weighted by atomic mass is 10.2. The summed E-state index contributed by atoms with van der Waals surface area (Å²) in [7, 11) is 0. The van der Waals surface area contributed by atoms with Gasteiger partial charge in [-0.05, 0) is 57.4 Å². The van der Waals surface area contributed by atoms with Crippen LogP contribution in [0.15, 0.2) is 36.4 Å². The first kappa shape index (κ1) is 22.0. The van der Waals surface area contributed by atoms with Crippen molar-refractivity contribution in [2.45, 2.75) is 40.2 Å². The van der Waals surface area contributed by atoms with Crippen LogP contribution in [-0.4, -0.2) is 31.6 Å². The molecule has 9 nitrogen and oxygen atoms in total. The standard InChI is InChI=1S/C24H24N6O3S/c1-13-4-7-17(25-20(31)12-30-15(3)10-14(2)29-30)11-19(13)33-21-9-8-18-23(27-21)34-24(26-18)28-22(32)16-5-6-16/h4,7-11,16H,5-6,12H2,1-3H3,(H,25,31)(H,26,28,32). The number of benzene rings is 1. The average molecular weight is 477 g/mol. The van der Waals surface area contributed by atoms with Gasteiger partial charge in [0.05, 0.1) is 5.69 Å². The zero-order valence-electron chi connectivity index (χ0n) is 19.1. The van der Waals surface area contributed by atoms with E-state index in [1.807, 2.05) is 45.0 Å². The Morgan fingerprint density at radius 1 is 1.09 bits per heavy atom. The number of nitrogens with one attached hydrogen (secondary N) is 2. The van der Waals surface area contributed by atoms with Crippen molar-refractivity contribution < 1.29 is 14.3 Å². The second kappa shape index (κ2) is 8.86. The van der Waals surface area contributed by atoms with Gasteiger partial charge in [0.1, 0.15) is 22.6 Å². The topological polar surface area (TPSA) is 111 Å². The molecular formula is C24H24N6O3S. The minimum Gasteiger partial charge on any atom is -0.439 e. The Bertz CT molecular complexity index is 1410. The molecule has 1 fully saturated rings. The molecule has 0 radical (unpaired) electrons. The number of thiazole rings is 1. The summed E-state index contributed by atoms with van der Waals surface area (Å²) in [4.78, 5) is 34.2. The van der Waals surface area contributed by atoms with Crippen molar-refractivity contribution in [3.8, 4) is 11.6 Å². The number of ether oxygens (including phenoxy) is 1. The zero-order chi connectivity index (χ0) is 23.8. The lowest BCUT2D eigenvalue weighted by Gasteiger charge is -2.11. The molecule has 1 saturated carbocycles. The summed E-state index contributed by atoms with van der Waals surface area (Å²) >= 11 is 1.32. The highest BCUT2D eigenvalue weighted by molar-refractivity contribution is 7.21. The van der Waals surface area contributed by atoms with E-state index in [2.05, 4.69) is 25.7 Å². The first-order valence-corrected chi connectivity index (χ1v) is 11.8. The second-order valence-electron chi connectivity index (χ2n) is 8.47. The van der Waals surface area contributed by atoms with Crippen molar-refractivity contribution in [3.63, 3.8) is 0 Å². The van der Waals surface area contributed by atoms with Crippen LogP contribution in [0, 0.1) is 26.7 Å². The molecule has 0 atom stereocenters. The molecule has 2 amide bonds. The van der Waals surface area contributed by atoms with E-state index >= 15 is 0 Å². The summed E-state index contributed by atoms with van der Waals surface area (Å²) < 4.78 is 7.70. The van der Waals surface area contributed by atoms with Crippen LogP contribution in [0.5, 0.6) is 11.6 Å². The molecule has 0 aliphatic heterocycles. The Kier molecular flexibility index (Phi) is 5.74. The van der Waals surface area contributed by atoms with Crippen LogP contribution in [0.2, 0.25) is 0 Å². The van der Waals surface area contributed by atoms with Gasteiger partial charge in [0, 0.05) is 29.4 Å². The van der Waals surface area contributed by atoms with Gasteiger partial charge in [-0.1, -0.05) is 17.4 Å². The number of carbonyl (C=O) groups is 2. The molecule has 1 aromatic carbocycles. The summed E-state index contributed by atoms with van der Waals surface area (Å²) in [6.45, 7) is 5.87. The summed E-state index contributed by atoms with van der Waals surface area (Å²) in [5.41, 5.74) is 4.03. The third-order valence-electron chi connectivity index (χ3n) is 5.49. The lowest BCUT2D eigenvalue weighted by molar-refractivity contribution is -0.118. The van der Waals surface area contributed by atoms with E-state index in [1.165, 1.54) is 11.3 Å². The van der Waals surface area contributed by atoms with E-state index in [-0.39, 0.29) is 24.3 Å². The molecule has 3 aromatic heterocycles. The minimum atomic E-state index is -0.175. The average Bonchev–Trinajstić information content (AvgIpc) is 3.49. The lowest BCUT2D eigenvalue weighted by Crippen LogP contribution is -2.20. The molecule has 34 heavy (non-hydrogen) atoms. The second-order valence-corrected chi connectivity index (χ2v) is 9.45. The highest BCUT2D eigenvalue weighted by Gasteiger charge is 2.30. The third-order valence-corrected chi connectivity index (χ3v) is 6.37. The maximum absolute atomic E-state index is 12.5. The highest BCUT2D eigenvalue weighted by atomic mass is 32.1. The van der Waals surface area contributed by atoms with Gasteiger partial charge in [0.25, 0.3) is 0 Å². The van der Waals surface area contributed by atoms with Crippen LogP contribution < -0.4 is 15.4 Å². The number of aryl methyl sites for hydroxylation is 3. The molecular weight excluding hydrogens is 452 g/mol. The molecule has 174 valence electrons. The Morgan fingerprint density at radius 2 is 1.91 bits per heavy atom. The maximum atomic E-state index is 12.5. The molecule has 0 bridgehead atoms. The summed E-state index contributed by atoms with van der Waals surface area (Å²) in [5.74, 6) is 0.948. The largest absolute Gasteiger partial charge is 0.439 e. The van der Waals surface area contributed by atoms with Crippen LogP contribution >= 0.6 is 11.3 Å². The van der Waals surface area contributed by atoms with Crippen LogP contribution in [0.3, 0.4) is 0 Å². The van der Waals surface area contributed by atoms with E-state index in [9.17, 15) is 9.59 Å². The fourth-order valence-corrected chi connectivity index (χ4v) is 4.37. The van der Waals surface area contributed by atoms with Crippen molar-refractivity contribution in [2.75, 3.05) is 10.6 Å². The number of anilines is 2. The monoisotopic (exact) mass is 476 g/mol. The Labute approximate surface area is 200 Å². The molecule has 0 saturated heterocycles. The molecule has 5 rings (SSSR count). The van der Waals surface area contributed by atoms with Crippen molar-refractivity contribution in [1.82, 2.24) is 19.7 Å². The van der Waals surface area contributed by atoms with Gasteiger partial charge in [0.15, 0.2) is 5.13 Å². The fraction of sp³-hybridized carbons (Fsp3) is 0.292. The molecule has 0 unspecified atom stereocenters. The Morgan fingerprint density at radius 3 is 2.65 bits per heavy atom. The van der Waals surface area contributed by atoms with E-state index in [1.54, 1.807) is 16.8 Å². The van der Waals surface area contributed by atoms with Crippen LogP contribution in [0.25, 0.3) is 10.3 Å². The minimum absolute atomic E-state index is 0.0165. The van der Waals surface area contributed by atoms with Gasteiger partial charge in [-0.15, -0.1) is 0 Å². The normalized spacial score (nSPS) is 13.1. The Hall–Kier alpha value is -3.79. The van der Waals surface area contributed by atoms with Crippen molar-refractivity contribution in [2.24, 2.45) is 5.92 Å². The van der Waals surface area contributed by atoms with E-state index in [0.717, 1.165) is 29.8 Å². The van der Waals surface area contributed by atoms with E-state index < -0.39 is 0 Å². The number of aromatic nitrogens is 4.